The number of hydrogen-bond acceptors (Lipinski definition) is 3. The lowest BCUT2D eigenvalue weighted by Gasteiger charge is -2.09. The standard InChI is InChI=1S/C17H13BrF2N2O2/c18-11-3-1-10(2-4-11)9-21-17(23)16-8-15(22-24-16)13-7-12(19)5-6-14(13)20/h1-7,16H,8-9H2,(H,21,23). The summed E-state index contributed by atoms with van der Waals surface area (Å²) < 4.78 is 27.9. The summed E-state index contributed by atoms with van der Waals surface area (Å²) in [4.78, 5) is 17.2. The van der Waals surface area contributed by atoms with Gasteiger partial charge in [-0.25, -0.2) is 8.78 Å². The van der Waals surface area contributed by atoms with Gasteiger partial charge < -0.3 is 10.2 Å². The summed E-state index contributed by atoms with van der Waals surface area (Å²) in [7, 11) is 0. The van der Waals surface area contributed by atoms with Gasteiger partial charge in [0.2, 0.25) is 6.10 Å². The Bertz CT molecular complexity index is 794. The molecule has 1 N–H and O–H groups in total. The Morgan fingerprint density at radius 1 is 1.25 bits per heavy atom. The van der Waals surface area contributed by atoms with Crippen molar-refractivity contribution in [1.29, 1.82) is 0 Å². The Balaban J connectivity index is 1.59. The zero-order valence-corrected chi connectivity index (χ0v) is 14.0. The van der Waals surface area contributed by atoms with Crippen LogP contribution >= 0.6 is 15.9 Å². The fourth-order valence-electron chi connectivity index (χ4n) is 2.30. The first-order valence-corrected chi connectivity index (χ1v) is 8.02. The number of rotatable bonds is 4. The van der Waals surface area contributed by atoms with E-state index >= 15 is 0 Å². The van der Waals surface area contributed by atoms with Crippen LogP contribution in [0.15, 0.2) is 52.1 Å². The minimum Gasteiger partial charge on any atom is -0.382 e. The zero-order valence-electron chi connectivity index (χ0n) is 12.4. The summed E-state index contributed by atoms with van der Waals surface area (Å²) in [5.74, 6) is -1.53. The van der Waals surface area contributed by atoms with E-state index < -0.39 is 17.7 Å². The van der Waals surface area contributed by atoms with Crippen LogP contribution in [0, 0.1) is 11.6 Å². The van der Waals surface area contributed by atoms with E-state index in [2.05, 4.69) is 26.4 Å². The third-order valence-electron chi connectivity index (χ3n) is 3.58. The maximum absolute atomic E-state index is 13.7. The predicted molar refractivity (Wildman–Crippen MR) is 88.4 cm³/mol. The summed E-state index contributed by atoms with van der Waals surface area (Å²) in [5.41, 5.74) is 1.16. The summed E-state index contributed by atoms with van der Waals surface area (Å²) in [6, 6.07) is 10.6. The number of nitrogens with one attached hydrogen (secondary N) is 1. The van der Waals surface area contributed by atoms with Gasteiger partial charge in [0.25, 0.3) is 5.91 Å². The zero-order chi connectivity index (χ0) is 17.1. The molecule has 0 spiro atoms. The van der Waals surface area contributed by atoms with Crippen molar-refractivity contribution in [2.45, 2.75) is 19.1 Å². The quantitative estimate of drug-likeness (QED) is 0.861. The molecule has 7 heteroatoms. The lowest BCUT2D eigenvalue weighted by molar-refractivity contribution is -0.131. The summed E-state index contributed by atoms with van der Waals surface area (Å²) in [6.07, 6.45) is -0.759. The molecule has 0 bridgehead atoms. The maximum Gasteiger partial charge on any atom is 0.264 e. The molecule has 24 heavy (non-hydrogen) atoms. The Labute approximate surface area is 145 Å². The molecule has 124 valence electrons. The Morgan fingerprint density at radius 3 is 2.75 bits per heavy atom. The molecule has 1 amide bonds. The Hall–Kier alpha value is -2.28. The number of nitrogens with zero attached hydrogens (tertiary/aromatic N) is 1. The molecule has 0 fully saturated rings. The van der Waals surface area contributed by atoms with Crippen molar-refractivity contribution in [2.24, 2.45) is 5.16 Å². The minimum atomic E-state index is -0.849. The van der Waals surface area contributed by atoms with Gasteiger partial charge in [-0.15, -0.1) is 0 Å². The first kappa shape index (κ1) is 16.6. The van der Waals surface area contributed by atoms with Gasteiger partial charge in [-0.3, -0.25) is 4.79 Å². The number of hydrogen-bond donors (Lipinski definition) is 1. The topological polar surface area (TPSA) is 50.7 Å². The SMILES string of the molecule is O=C(NCc1ccc(Br)cc1)C1CC(c2cc(F)ccc2F)=NO1. The van der Waals surface area contributed by atoms with Crippen LogP contribution in [-0.4, -0.2) is 17.7 Å². The van der Waals surface area contributed by atoms with E-state index in [-0.39, 0.29) is 23.6 Å². The molecule has 0 saturated heterocycles. The van der Waals surface area contributed by atoms with Gasteiger partial charge in [0, 0.05) is 23.0 Å². The number of benzene rings is 2. The Kier molecular flexibility index (Phi) is 4.89. The van der Waals surface area contributed by atoms with Gasteiger partial charge in [-0.05, 0) is 35.9 Å². The van der Waals surface area contributed by atoms with E-state index in [0.29, 0.717) is 6.54 Å². The van der Waals surface area contributed by atoms with Gasteiger partial charge in [0.05, 0.1) is 5.71 Å². The molecule has 1 atom stereocenters. The second-order valence-electron chi connectivity index (χ2n) is 5.30. The lowest BCUT2D eigenvalue weighted by atomic mass is 10.0. The highest BCUT2D eigenvalue weighted by molar-refractivity contribution is 9.10. The molecule has 4 nitrogen and oxygen atoms in total. The normalized spacial score (nSPS) is 16.5. The minimum absolute atomic E-state index is 0.0122. The van der Waals surface area contributed by atoms with Crippen molar-refractivity contribution in [3.8, 4) is 0 Å². The van der Waals surface area contributed by atoms with Gasteiger partial charge in [0.15, 0.2) is 0 Å². The molecule has 0 aromatic heterocycles. The second-order valence-corrected chi connectivity index (χ2v) is 6.22. The van der Waals surface area contributed by atoms with Crippen LogP contribution in [0.1, 0.15) is 17.5 Å². The van der Waals surface area contributed by atoms with Crippen LogP contribution in [0.5, 0.6) is 0 Å². The highest BCUT2D eigenvalue weighted by Crippen LogP contribution is 2.20. The molecule has 1 aliphatic heterocycles. The van der Waals surface area contributed by atoms with Crippen molar-refractivity contribution in [2.75, 3.05) is 0 Å². The molecule has 2 aromatic carbocycles. The van der Waals surface area contributed by atoms with Crippen molar-refractivity contribution in [3.05, 3.63) is 69.7 Å². The third-order valence-corrected chi connectivity index (χ3v) is 4.11. The number of oxime groups is 1. The summed E-state index contributed by atoms with van der Waals surface area (Å²) >= 11 is 3.34. The van der Waals surface area contributed by atoms with Gasteiger partial charge in [-0.2, -0.15) is 0 Å². The molecule has 1 unspecified atom stereocenters. The Morgan fingerprint density at radius 2 is 2.00 bits per heavy atom. The molecule has 0 saturated carbocycles. The second kappa shape index (κ2) is 7.09. The molecule has 1 aliphatic rings. The molecular formula is C17H13BrF2N2O2. The predicted octanol–water partition coefficient (Wildman–Crippen LogP) is 3.54. The van der Waals surface area contributed by atoms with E-state index in [1.54, 1.807) is 0 Å². The largest absolute Gasteiger partial charge is 0.382 e. The first-order chi connectivity index (χ1) is 11.5. The molecule has 3 rings (SSSR count). The maximum atomic E-state index is 13.7. The van der Waals surface area contributed by atoms with Gasteiger partial charge in [-0.1, -0.05) is 33.2 Å². The highest BCUT2D eigenvalue weighted by Gasteiger charge is 2.30. The fraction of sp³-hybridized carbons (Fsp3) is 0.176. The number of halogens is 3. The van der Waals surface area contributed by atoms with Crippen LogP contribution in [0.4, 0.5) is 8.78 Å². The average Bonchev–Trinajstić information content (AvgIpc) is 3.06. The fourth-order valence-corrected chi connectivity index (χ4v) is 2.57. The third kappa shape index (κ3) is 3.79. The monoisotopic (exact) mass is 394 g/mol. The molecule has 0 radical (unpaired) electrons. The van der Waals surface area contributed by atoms with Gasteiger partial charge in [0.1, 0.15) is 11.6 Å². The van der Waals surface area contributed by atoms with Crippen LogP contribution in [0.25, 0.3) is 0 Å². The van der Waals surface area contributed by atoms with E-state index in [4.69, 9.17) is 4.84 Å². The highest BCUT2D eigenvalue weighted by atomic mass is 79.9. The van der Waals surface area contributed by atoms with Crippen molar-refractivity contribution in [1.82, 2.24) is 5.32 Å². The van der Waals surface area contributed by atoms with E-state index in [9.17, 15) is 13.6 Å². The van der Waals surface area contributed by atoms with Crippen LogP contribution in [-0.2, 0) is 16.2 Å². The van der Waals surface area contributed by atoms with Crippen molar-refractivity contribution < 1.29 is 18.4 Å². The van der Waals surface area contributed by atoms with Crippen LogP contribution < -0.4 is 5.32 Å². The molecule has 0 aliphatic carbocycles. The average molecular weight is 395 g/mol. The smallest absolute Gasteiger partial charge is 0.264 e. The number of carbonyl (C=O) groups excluding carboxylic acids is 1. The van der Waals surface area contributed by atoms with Crippen LogP contribution in [0.3, 0.4) is 0 Å². The van der Waals surface area contributed by atoms with Crippen LogP contribution in [0.2, 0.25) is 0 Å². The number of amides is 1. The lowest BCUT2D eigenvalue weighted by Crippen LogP contribution is -2.34. The van der Waals surface area contributed by atoms with Gasteiger partial charge >= 0.3 is 0 Å². The first-order valence-electron chi connectivity index (χ1n) is 7.23. The van der Waals surface area contributed by atoms with E-state index in [0.717, 1.165) is 28.2 Å². The van der Waals surface area contributed by atoms with E-state index in [1.807, 2.05) is 24.3 Å². The summed E-state index contributed by atoms with van der Waals surface area (Å²) in [5, 5.41) is 6.46. The molecular weight excluding hydrogens is 382 g/mol. The summed E-state index contributed by atoms with van der Waals surface area (Å²) in [6.45, 7) is 0.343. The van der Waals surface area contributed by atoms with Crippen molar-refractivity contribution in [3.63, 3.8) is 0 Å². The molecule has 2 aromatic rings. The van der Waals surface area contributed by atoms with Crippen molar-refractivity contribution >= 4 is 27.5 Å². The van der Waals surface area contributed by atoms with E-state index in [1.165, 1.54) is 0 Å². The number of carbonyl (C=O) groups is 1. The molecule has 1 heterocycles.